The van der Waals surface area contributed by atoms with E-state index in [9.17, 15) is 4.79 Å². The van der Waals surface area contributed by atoms with Gasteiger partial charge in [-0.05, 0) is 38.3 Å². The molecule has 0 aliphatic heterocycles. The van der Waals surface area contributed by atoms with E-state index < -0.39 is 5.97 Å². The van der Waals surface area contributed by atoms with E-state index in [0.717, 1.165) is 27.2 Å². The van der Waals surface area contributed by atoms with Gasteiger partial charge in [0.1, 0.15) is 10.2 Å². The van der Waals surface area contributed by atoms with Crippen LogP contribution in [0, 0.1) is 0 Å². The average molecular weight is 400 g/mol. The summed E-state index contributed by atoms with van der Waals surface area (Å²) < 4.78 is 5.29. The fourth-order valence-corrected chi connectivity index (χ4v) is 2.74. The number of fused-ring (bicyclic) bond motifs is 1. The van der Waals surface area contributed by atoms with E-state index in [0.29, 0.717) is 5.76 Å². The topological polar surface area (TPSA) is 46.5 Å². The number of alkyl halides is 1. The van der Waals surface area contributed by atoms with Crippen molar-refractivity contribution in [3.8, 4) is 0 Å². The lowest BCUT2D eigenvalue weighted by atomic mass is 10.0. The molecular formula is C15H12Br2O3. The maximum absolute atomic E-state index is 11.1. The molecule has 3 nitrogen and oxygen atoms in total. The molecule has 0 saturated heterocycles. The molecular weight excluding hydrogens is 388 g/mol. The van der Waals surface area contributed by atoms with Crippen LogP contribution in [-0.4, -0.2) is 18.2 Å². The summed E-state index contributed by atoms with van der Waals surface area (Å²) in [6, 6.07) is 11.8. The van der Waals surface area contributed by atoms with Crippen LogP contribution in [0.2, 0.25) is 0 Å². The highest BCUT2D eigenvalue weighted by atomic mass is 79.9. The molecule has 20 heavy (non-hydrogen) atoms. The monoisotopic (exact) mass is 398 g/mol. The van der Waals surface area contributed by atoms with Crippen molar-refractivity contribution in [1.29, 1.82) is 0 Å². The zero-order valence-electron chi connectivity index (χ0n) is 10.7. The Balaban J connectivity index is 2.76. The van der Waals surface area contributed by atoms with Gasteiger partial charge in [0.15, 0.2) is 0 Å². The Kier molecular flexibility index (Phi) is 4.83. The van der Waals surface area contributed by atoms with E-state index in [1.807, 2.05) is 36.4 Å². The Morgan fingerprint density at radius 2 is 2.05 bits per heavy atom. The van der Waals surface area contributed by atoms with Crippen molar-refractivity contribution >= 4 is 54.4 Å². The zero-order chi connectivity index (χ0) is 14.7. The molecule has 0 atom stereocenters. The molecule has 104 valence electrons. The summed E-state index contributed by atoms with van der Waals surface area (Å²) in [5.41, 5.74) is 1.87. The number of hydrogen-bond donors (Lipinski definition) is 1. The SMILES string of the molecule is COC(=C(Br)C(=O)O)c1cccc2ccc(CBr)cc12. The van der Waals surface area contributed by atoms with Gasteiger partial charge in [-0.3, -0.25) is 0 Å². The van der Waals surface area contributed by atoms with Gasteiger partial charge in [-0.15, -0.1) is 0 Å². The quantitative estimate of drug-likeness (QED) is 0.466. The molecule has 0 aliphatic carbocycles. The maximum atomic E-state index is 11.1. The molecule has 2 aromatic rings. The van der Waals surface area contributed by atoms with Gasteiger partial charge in [0.05, 0.1) is 7.11 Å². The van der Waals surface area contributed by atoms with Gasteiger partial charge in [0.25, 0.3) is 0 Å². The molecule has 0 spiro atoms. The summed E-state index contributed by atoms with van der Waals surface area (Å²) in [7, 11) is 1.46. The fourth-order valence-electron chi connectivity index (χ4n) is 2.02. The van der Waals surface area contributed by atoms with E-state index in [1.165, 1.54) is 7.11 Å². The summed E-state index contributed by atoms with van der Waals surface area (Å²) in [6.07, 6.45) is 0. The highest BCUT2D eigenvalue weighted by molar-refractivity contribution is 9.12. The first kappa shape index (κ1) is 15.1. The van der Waals surface area contributed by atoms with Crippen LogP contribution in [0.4, 0.5) is 0 Å². The summed E-state index contributed by atoms with van der Waals surface area (Å²) in [4.78, 5) is 11.1. The third-order valence-electron chi connectivity index (χ3n) is 2.94. The number of halogens is 2. The Bertz CT molecular complexity index is 693. The number of hydrogen-bond acceptors (Lipinski definition) is 2. The first-order valence-electron chi connectivity index (χ1n) is 5.83. The number of carbonyl (C=O) groups is 1. The summed E-state index contributed by atoms with van der Waals surface area (Å²) in [5.74, 6) is -0.745. The Morgan fingerprint density at radius 1 is 1.30 bits per heavy atom. The minimum absolute atomic E-state index is 0.0109. The van der Waals surface area contributed by atoms with Crippen LogP contribution < -0.4 is 0 Å². The zero-order valence-corrected chi connectivity index (χ0v) is 13.9. The summed E-state index contributed by atoms with van der Waals surface area (Å²) in [6.45, 7) is 0. The molecule has 2 rings (SSSR count). The molecule has 0 aliphatic rings. The molecule has 5 heteroatoms. The van der Waals surface area contributed by atoms with E-state index >= 15 is 0 Å². The second-order valence-electron chi connectivity index (χ2n) is 4.15. The average Bonchev–Trinajstić information content (AvgIpc) is 2.47. The minimum atomic E-state index is -1.06. The molecule has 0 heterocycles. The van der Waals surface area contributed by atoms with E-state index in [4.69, 9.17) is 9.84 Å². The van der Waals surface area contributed by atoms with Crippen molar-refractivity contribution in [2.75, 3.05) is 7.11 Å². The molecule has 2 aromatic carbocycles. The number of rotatable bonds is 4. The molecule has 0 amide bonds. The molecule has 0 fully saturated rings. The van der Waals surface area contributed by atoms with Crippen LogP contribution in [0.25, 0.3) is 16.5 Å². The predicted octanol–water partition coefficient (Wildman–Crippen LogP) is 4.53. The molecule has 0 aromatic heterocycles. The predicted molar refractivity (Wildman–Crippen MR) is 87.1 cm³/mol. The number of ether oxygens (including phenoxy) is 1. The van der Waals surface area contributed by atoms with Gasteiger partial charge in [-0.1, -0.05) is 46.3 Å². The number of benzene rings is 2. The van der Waals surface area contributed by atoms with E-state index in [2.05, 4.69) is 31.9 Å². The van der Waals surface area contributed by atoms with Crippen LogP contribution in [-0.2, 0) is 14.9 Å². The van der Waals surface area contributed by atoms with Crippen molar-refractivity contribution in [2.24, 2.45) is 0 Å². The Morgan fingerprint density at radius 3 is 2.65 bits per heavy atom. The van der Waals surface area contributed by atoms with Crippen LogP contribution in [0.5, 0.6) is 0 Å². The lowest BCUT2D eigenvalue weighted by Gasteiger charge is -2.12. The molecule has 0 bridgehead atoms. The van der Waals surface area contributed by atoms with E-state index in [-0.39, 0.29) is 4.48 Å². The molecule has 0 saturated carbocycles. The van der Waals surface area contributed by atoms with Gasteiger partial charge in [-0.2, -0.15) is 0 Å². The minimum Gasteiger partial charge on any atom is -0.495 e. The molecule has 1 N–H and O–H groups in total. The highest BCUT2D eigenvalue weighted by Gasteiger charge is 2.16. The van der Waals surface area contributed by atoms with Gasteiger partial charge in [0, 0.05) is 10.9 Å². The highest BCUT2D eigenvalue weighted by Crippen LogP contribution is 2.31. The smallest absolute Gasteiger partial charge is 0.346 e. The van der Waals surface area contributed by atoms with Crippen molar-refractivity contribution in [1.82, 2.24) is 0 Å². The van der Waals surface area contributed by atoms with Crippen molar-refractivity contribution in [3.05, 3.63) is 52.0 Å². The standard InChI is InChI=1S/C15H12Br2O3/c1-20-14(13(17)15(18)19)11-4-2-3-10-6-5-9(8-16)7-12(10)11/h2-7H,8H2,1H3,(H,18,19). The first-order chi connectivity index (χ1) is 9.58. The van der Waals surface area contributed by atoms with Crippen molar-refractivity contribution in [2.45, 2.75) is 5.33 Å². The van der Waals surface area contributed by atoms with Crippen LogP contribution in [0.3, 0.4) is 0 Å². The van der Waals surface area contributed by atoms with Gasteiger partial charge < -0.3 is 9.84 Å². The van der Waals surface area contributed by atoms with Crippen LogP contribution >= 0.6 is 31.9 Å². The lowest BCUT2D eigenvalue weighted by molar-refractivity contribution is -0.131. The third kappa shape index (κ3) is 2.88. The largest absolute Gasteiger partial charge is 0.495 e. The molecule has 0 unspecified atom stereocenters. The first-order valence-corrected chi connectivity index (χ1v) is 7.75. The van der Waals surface area contributed by atoms with Gasteiger partial charge >= 0.3 is 5.97 Å². The van der Waals surface area contributed by atoms with E-state index in [1.54, 1.807) is 0 Å². The maximum Gasteiger partial charge on any atom is 0.346 e. The van der Waals surface area contributed by atoms with Crippen LogP contribution in [0.15, 0.2) is 40.9 Å². The lowest BCUT2D eigenvalue weighted by Crippen LogP contribution is -2.00. The number of carboxylic acids is 1. The van der Waals surface area contributed by atoms with Crippen LogP contribution in [0.1, 0.15) is 11.1 Å². The van der Waals surface area contributed by atoms with Crippen molar-refractivity contribution < 1.29 is 14.6 Å². The van der Waals surface area contributed by atoms with Gasteiger partial charge in [0.2, 0.25) is 0 Å². The van der Waals surface area contributed by atoms with Crippen molar-refractivity contribution in [3.63, 3.8) is 0 Å². The number of methoxy groups -OCH3 is 1. The van der Waals surface area contributed by atoms with Gasteiger partial charge in [-0.25, -0.2) is 4.79 Å². The number of carboxylic acid groups (broad SMARTS) is 1. The second-order valence-corrected chi connectivity index (χ2v) is 5.50. The summed E-state index contributed by atoms with van der Waals surface area (Å²) in [5, 5.41) is 11.9. The fraction of sp³-hybridized carbons (Fsp3) is 0.133. The number of aliphatic carboxylic acids is 1. The Hall–Kier alpha value is -1.33. The normalized spacial score (nSPS) is 12.2. The third-order valence-corrected chi connectivity index (χ3v) is 4.28. The molecule has 0 radical (unpaired) electrons. The second kappa shape index (κ2) is 6.41. The Labute approximate surface area is 133 Å². The summed E-state index contributed by atoms with van der Waals surface area (Å²) >= 11 is 6.50.